The Morgan fingerprint density at radius 3 is 2.48 bits per heavy atom. The summed E-state index contributed by atoms with van der Waals surface area (Å²) in [7, 11) is 3.36. The van der Waals surface area contributed by atoms with Crippen LogP contribution in [0.4, 0.5) is 5.82 Å². The summed E-state index contributed by atoms with van der Waals surface area (Å²) < 4.78 is 5.12. The molecule has 0 fully saturated rings. The molecule has 0 bridgehead atoms. The van der Waals surface area contributed by atoms with Crippen LogP contribution in [0.5, 0.6) is 5.75 Å². The van der Waals surface area contributed by atoms with Crippen LogP contribution in [0, 0.1) is 6.92 Å². The minimum absolute atomic E-state index is 0.113. The Labute approximate surface area is 159 Å². The molecule has 2 N–H and O–H groups in total. The molecule has 7 heteroatoms. The van der Waals surface area contributed by atoms with Crippen LogP contribution in [-0.4, -0.2) is 55.5 Å². The quantitative estimate of drug-likeness (QED) is 0.701. The van der Waals surface area contributed by atoms with E-state index in [-0.39, 0.29) is 24.9 Å². The SMILES string of the molecule is COc1ccc(CCNC(=O)CN(C)CC(=O)Nc2cc(C)ccn2)cc1. The molecule has 2 rings (SSSR count). The summed E-state index contributed by atoms with van der Waals surface area (Å²) in [5.74, 6) is 0.995. The first-order valence-corrected chi connectivity index (χ1v) is 8.77. The Bertz CT molecular complexity index is 762. The minimum atomic E-state index is -0.207. The fourth-order valence-electron chi connectivity index (χ4n) is 2.53. The zero-order chi connectivity index (χ0) is 19.6. The van der Waals surface area contributed by atoms with E-state index in [2.05, 4.69) is 15.6 Å². The number of aromatic nitrogens is 1. The van der Waals surface area contributed by atoms with Gasteiger partial charge in [0.05, 0.1) is 20.2 Å². The maximum atomic E-state index is 12.0. The van der Waals surface area contributed by atoms with E-state index in [9.17, 15) is 9.59 Å². The van der Waals surface area contributed by atoms with E-state index in [0.29, 0.717) is 12.4 Å². The van der Waals surface area contributed by atoms with Crippen molar-refractivity contribution < 1.29 is 14.3 Å². The number of amides is 2. The average molecular weight is 370 g/mol. The van der Waals surface area contributed by atoms with Crippen molar-refractivity contribution >= 4 is 17.6 Å². The van der Waals surface area contributed by atoms with Crippen LogP contribution >= 0.6 is 0 Å². The number of hydrogen-bond acceptors (Lipinski definition) is 5. The van der Waals surface area contributed by atoms with Crippen molar-refractivity contribution in [3.8, 4) is 5.75 Å². The van der Waals surface area contributed by atoms with Crippen LogP contribution in [-0.2, 0) is 16.0 Å². The highest BCUT2D eigenvalue weighted by Gasteiger charge is 2.11. The molecule has 0 aliphatic heterocycles. The first-order chi connectivity index (χ1) is 13.0. The number of ether oxygens (including phenoxy) is 1. The lowest BCUT2D eigenvalue weighted by molar-refractivity contribution is -0.122. The number of rotatable bonds is 9. The number of carbonyl (C=O) groups is 2. The number of carbonyl (C=O) groups excluding carboxylic acids is 2. The summed E-state index contributed by atoms with van der Waals surface area (Å²) in [5.41, 5.74) is 2.14. The number of benzene rings is 1. The number of aryl methyl sites for hydroxylation is 1. The van der Waals surface area contributed by atoms with E-state index >= 15 is 0 Å². The van der Waals surface area contributed by atoms with Crippen LogP contribution in [0.25, 0.3) is 0 Å². The van der Waals surface area contributed by atoms with Crippen LogP contribution in [0.15, 0.2) is 42.6 Å². The number of pyridine rings is 1. The fourth-order valence-corrected chi connectivity index (χ4v) is 2.53. The number of anilines is 1. The van der Waals surface area contributed by atoms with Gasteiger partial charge in [0.2, 0.25) is 11.8 Å². The molecule has 0 aliphatic rings. The Morgan fingerprint density at radius 1 is 1.11 bits per heavy atom. The van der Waals surface area contributed by atoms with Gasteiger partial charge >= 0.3 is 0 Å². The summed E-state index contributed by atoms with van der Waals surface area (Å²) >= 11 is 0. The summed E-state index contributed by atoms with van der Waals surface area (Å²) in [5, 5.41) is 5.59. The van der Waals surface area contributed by atoms with Gasteiger partial charge in [-0.3, -0.25) is 14.5 Å². The minimum Gasteiger partial charge on any atom is -0.497 e. The van der Waals surface area contributed by atoms with E-state index in [1.807, 2.05) is 37.3 Å². The molecular formula is C20H26N4O3. The highest BCUT2D eigenvalue weighted by atomic mass is 16.5. The highest BCUT2D eigenvalue weighted by molar-refractivity contribution is 5.91. The van der Waals surface area contributed by atoms with Crippen molar-refractivity contribution in [1.82, 2.24) is 15.2 Å². The van der Waals surface area contributed by atoms with Crippen molar-refractivity contribution in [2.45, 2.75) is 13.3 Å². The lowest BCUT2D eigenvalue weighted by atomic mass is 10.1. The molecule has 0 radical (unpaired) electrons. The molecular weight excluding hydrogens is 344 g/mol. The Kier molecular flexibility index (Phi) is 7.76. The molecule has 2 amide bonds. The van der Waals surface area contributed by atoms with Crippen LogP contribution in [0.3, 0.4) is 0 Å². The highest BCUT2D eigenvalue weighted by Crippen LogP contribution is 2.11. The Morgan fingerprint density at radius 2 is 1.81 bits per heavy atom. The number of methoxy groups -OCH3 is 1. The number of nitrogens with one attached hydrogen (secondary N) is 2. The summed E-state index contributed by atoms with van der Waals surface area (Å²) in [6, 6.07) is 11.4. The number of likely N-dealkylation sites (N-methyl/N-ethyl adjacent to an activating group) is 1. The van der Waals surface area contributed by atoms with Gasteiger partial charge in [-0.05, 0) is 55.8 Å². The molecule has 0 saturated heterocycles. The lowest BCUT2D eigenvalue weighted by Gasteiger charge is -2.16. The van der Waals surface area contributed by atoms with E-state index in [1.165, 1.54) is 0 Å². The number of nitrogens with zero attached hydrogens (tertiary/aromatic N) is 2. The van der Waals surface area contributed by atoms with Crippen molar-refractivity contribution in [1.29, 1.82) is 0 Å². The molecule has 0 unspecified atom stereocenters. The van der Waals surface area contributed by atoms with Gasteiger partial charge in [0.1, 0.15) is 11.6 Å². The molecule has 0 spiro atoms. The monoisotopic (exact) mass is 370 g/mol. The molecule has 144 valence electrons. The molecule has 0 saturated carbocycles. The first-order valence-electron chi connectivity index (χ1n) is 8.77. The van der Waals surface area contributed by atoms with Crippen molar-refractivity contribution in [2.75, 3.05) is 39.1 Å². The second-order valence-electron chi connectivity index (χ2n) is 6.39. The largest absolute Gasteiger partial charge is 0.497 e. The normalized spacial score (nSPS) is 10.5. The van der Waals surface area contributed by atoms with Crippen LogP contribution in [0.1, 0.15) is 11.1 Å². The predicted molar refractivity (Wildman–Crippen MR) is 105 cm³/mol. The molecule has 27 heavy (non-hydrogen) atoms. The van der Waals surface area contributed by atoms with Gasteiger partial charge in [0, 0.05) is 12.7 Å². The third-order valence-electron chi connectivity index (χ3n) is 3.90. The number of hydrogen-bond donors (Lipinski definition) is 2. The molecule has 1 heterocycles. The smallest absolute Gasteiger partial charge is 0.239 e. The molecule has 0 aliphatic carbocycles. The van der Waals surface area contributed by atoms with Gasteiger partial charge in [-0.25, -0.2) is 4.98 Å². The third-order valence-corrected chi connectivity index (χ3v) is 3.90. The maximum absolute atomic E-state index is 12.0. The van der Waals surface area contributed by atoms with Crippen molar-refractivity contribution in [2.24, 2.45) is 0 Å². The second-order valence-corrected chi connectivity index (χ2v) is 6.39. The van der Waals surface area contributed by atoms with Gasteiger partial charge in [-0.2, -0.15) is 0 Å². The predicted octanol–water partition coefficient (Wildman–Crippen LogP) is 1.63. The average Bonchev–Trinajstić information content (AvgIpc) is 2.62. The Hall–Kier alpha value is -2.93. The van der Waals surface area contributed by atoms with Gasteiger partial charge < -0.3 is 15.4 Å². The first kappa shape index (κ1) is 20.4. The summed E-state index contributed by atoms with van der Waals surface area (Å²) in [6.07, 6.45) is 2.38. The summed E-state index contributed by atoms with van der Waals surface area (Å²) in [6.45, 7) is 2.73. The van der Waals surface area contributed by atoms with Crippen molar-refractivity contribution in [3.63, 3.8) is 0 Å². The third kappa shape index (κ3) is 7.45. The van der Waals surface area contributed by atoms with E-state index < -0.39 is 0 Å². The van der Waals surface area contributed by atoms with E-state index in [1.54, 1.807) is 31.3 Å². The second kappa shape index (κ2) is 10.3. The van der Waals surface area contributed by atoms with Gasteiger partial charge in [-0.1, -0.05) is 12.1 Å². The van der Waals surface area contributed by atoms with E-state index in [4.69, 9.17) is 4.74 Å². The zero-order valence-corrected chi connectivity index (χ0v) is 16.0. The molecule has 2 aromatic rings. The van der Waals surface area contributed by atoms with Gasteiger partial charge in [-0.15, -0.1) is 0 Å². The van der Waals surface area contributed by atoms with Gasteiger partial charge in [0.25, 0.3) is 0 Å². The Balaban J connectivity index is 1.67. The summed E-state index contributed by atoms with van der Waals surface area (Å²) in [4.78, 5) is 29.8. The topological polar surface area (TPSA) is 83.6 Å². The maximum Gasteiger partial charge on any atom is 0.239 e. The van der Waals surface area contributed by atoms with Crippen LogP contribution in [0.2, 0.25) is 0 Å². The molecule has 0 atom stereocenters. The van der Waals surface area contributed by atoms with Crippen LogP contribution < -0.4 is 15.4 Å². The van der Waals surface area contributed by atoms with Crippen molar-refractivity contribution in [3.05, 3.63) is 53.7 Å². The fraction of sp³-hybridized carbons (Fsp3) is 0.350. The van der Waals surface area contributed by atoms with E-state index in [0.717, 1.165) is 23.3 Å². The standard InChI is InChI=1S/C20H26N4O3/c1-15-8-10-21-18(12-15)23-20(26)14-24(2)13-19(25)22-11-9-16-4-6-17(27-3)7-5-16/h4-8,10,12H,9,11,13-14H2,1-3H3,(H,22,25)(H,21,23,26). The lowest BCUT2D eigenvalue weighted by Crippen LogP contribution is -2.39. The molecule has 1 aromatic carbocycles. The zero-order valence-electron chi connectivity index (χ0n) is 16.0. The molecule has 7 nitrogen and oxygen atoms in total. The van der Waals surface area contributed by atoms with Gasteiger partial charge in [0.15, 0.2) is 0 Å². The molecule has 1 aromatic heterocycles.